The fourth-order valence-corrected chi connectivity index (χ4v) is 4.80. The van der Waals surface area contributed by atoms with Crippen molar-refractivity contribution in [1.29, 1.82) is 0 Å². The van der Waals surface area contributed by atoms with Crippen molar-refractivity contribution in [2.45, 2.75) is 50.2 Å². The molecule has 2 aromatic rings. The molecular weight excluding hydrogens is 368 g/mol. The van der Waals surface area contributed by atoms with Gasteiger partial charge in [-0.25, -0.2) is 0 Å². The van der Waals surface area contributed by atoms with Gasteiger partial charge in [-0.05, 0) is 47.4 Å². The Kier molecular flexibility index (Phi) is 5.19. The number of nitrogens with one attached hydrogen (secondary N) is 1. The van der Waals surface area contributed by atoms with Crippen molar-refractivity contribution < 1.29 is 9.59 Å². The average molecular weight is 395 g/mol. The van der Waals surface area contributed by atoms with Crippen LogP contribution in [0.2, 0.25) is 0 Å². The standard InChI is InChI=1S/C23H26N2O2S/c1-14(2)21-22(26)24-20(18-11-15-7-3-4-8-16(15)12-18)23(27)25(21)13-17-9-5-6-10-19(17)28/h3-10,14,18,20-21,28H,11-13H2,1-2H3,(H,24,26)/t20-,21-/m1/s1. The Morgan fingerprint density at radius 3 is 2.25 bits per heavy atom. The first-order chi connectivity index (χ1) is 13.5. The first-order valence-corrected chi connectivity index (χ1v) is 10.3. The number of hydrogen-bond donors (Lipinski definition) is 2. The van der Waals surface area contributed by atoms with Gasteiger partial charge < -0.3 is 10.2 Å². The highest BCUT2D eigenvalue weighted by molar-refractivity contribution is 7.80. The van der Waals surface area contributed by atoms with E-state index >= 15 is 0 Å². The summed E-state index contributed by atoms with van der Waals surface area (Å²) in [5, 5.41) is 3.06. The van der Waals surface area contributed by atoms with Gasteiger partial charge >= 0.3 is 0 Å². The van der Waals surface area contributed by atoms with E-state index in [9.17, 15) is 9.59 Å². The maximum atomic E-state index is 13.5. The smallest absolute Gasteiger partial charge is 0.246 e. The van der Waals surface area contributed by atoms with Crippen LogP contribution in [0.1, 0.15) is 30.5 Å². The van der Waals surface area contributed by atoms with E-state index < -0.39 is 12.1 Å². The molecule has 2 amide bonds. The molecule has 146 valence electrons. The Bertz CT molecular complexity index is 886. The fourth-order valence-electron chi connectivity index (χ4n) is 4.57. The highest BCUT2D eigenvalue weighted by Crippen LogP contribution is 2.32. The van der Waals surface area contributed by atoms with E-state index in [2.05, 4.69) is 30.1 Å². The van der Waals surface area contributed by atoms with Gasteiger partial charge in [0.25, 0.3) is 0 Å². The van der Waals surface area contributed by atoms with Crippen LogP contribution in [0.4, 0.5) is 0 Å². The highest BCUT2D eigenvalue weighted by Gasteiger charge is 2.45. The molecule has 0 bridgehead atoms. The number of carbonyl (C=O) groups excluding carboxylic acids is 2. The maximum Gasteiger partial charge on any atom is 0.246 e. The largest absolute Gasteiger partial charge is 0.342 e. The Hall–Kier alpha value is -2.27. The topological polar surface area (TPSA) is 49.4 Å². The minimum absolute atomic E-state index is 0.0210. The van der Waals surface area contributed by atoms with Gasteiger partial charge in [0.2, 0.25) is 11.8 Å². The second-order valence-electron chi connectivity index (χ2n) is 8.21. The summed E-state index contributed by atoms with van der Waals surface area (Å²) in [4.78, 5) is 29.1. The van der Waals surface area contributed by atoms with Gasteiger partial charge in [0.15, 0.2) is 0 Å². The van der Waals surface area contributed by atoms with Crippen molar-refractivity contribution in [3.05, 3.63) is 65.2 Å². The molecule has 4 nitrogen and oxygen atoms in total. The van der Waals surface area contributed by atoms with E-state index in [0.717, 1.165) is 23.3 Å². The number of nitrogens with zero attached hydrogens (tertiary/aromatic N) is 1. The lowest BCUT2D eigenvalue weighted by Gasteiger charge is -2.42. The lowest BCUT2D eigenvalue weighted by Crippen LogP contribution is -2.66. The molecule has 2 aliphatic rings. The Labute approximate surface area is 171 Å². The molecule has 4 rings (SSSR count). The van der Waals surface area contributed by atoms with Crippen molar-refractivity contribution in [1.82, 2.24) is 10.2 Å². The second-order valence-corrected chi connectivity index (χ2v) is 8.69. The molecule has 5 heteroatoms. The summed E-state index contributed by atoms with van der Waals surface area (Å²) >= 11 is 4.54. The molecule has 1 heterocycles. The summed E-state index contributed by atoms with van der Waals surface area (Å²) in [5.74, 6) is 0.119. The van der Waals surface area contributed by atoms with E-state index in [1.807, 2.05) is 50.2 Å². The number of rotatable bonds is 4. The van der Waals surface area contributed by atoms with Gasteiger partial charge in [-0.3, -0.25) is 9.59 Å². The fraction of sp³-hybridized carbons (Fsp3) is 0.391. The van der Waals surface area contributed by atoms with Gasteiger partial charge in [0.1, 0.15) is 12.1 Å². The number of piperazine rings is 1. The number of hydrogen-bond acceptors (Lipinski definition) is 3. The van der Waals surface area contributed by atoms with Gasteiger partial charge in [0, 0.05) is 11.4 Å². The first kappa shape index (κ1) is 19.1. The van der Waals surface area contributed by atoms with Crippen molar-refractivity contribution in [3.63, 3.8) is 0 Å². The maximum absolute atomic E-state index is 13.5. The lowest BCUT2D eigenvalue weighted by atomic mass is 9.89. The Morgan fingerprint density at radius 1 is 1.04 bits per heavy atom. The summed E-state index contributed by atoms with van der Waals surface area (Å²) in [5.41, 5.74) is 3.54. The van der Waals surface area contributed by atoms with Gasteiger partial charge in [-0.1, -0.05) is 56.3 Å². The molecule has 0 spiro atoms. The molecule has 1 aliphatic heterocycles. The molecular formula is C23H26N2O2S. The quantitative estimate of drug-likeness (QED) is 0.782. The van der Waals surface area contributed by atoms with Crippen LogP contribution in [0.15, 0.2) is 53.4 Å². The van der Waals surface area contributed by atoms with E-state index in [0.29, 0.717) is 6.54 Å². The van der Waals surface area contributed by atoms with Gasteiger partial charge in [-0.15, -0.1) is 12.6 Å². The molecule has 0 radical (unpaired) electrons. The zero-order valence-electron chi connectivity index (χ0n) is 16.3. The monoisotopic (exact) mass is 394 g/mol. The van der Waals surface area contributed by atoms with E-state index in [1.54, 1.807) is 4.90 Å². The Balaban J connectivity index is 1.62. The second kappa shape index (κ2) is 7.63. The summed E-state index contributed by atoms with van der Waals surface area (Å²) in [6.45, 7) is 4.39. The lowest BCUT2D eigenvalue weighted by molar-refractivity contribution is -0.153. The van der Waals surface area contributed by atoms with Crippen LogP contribution in [0.3, 0.4) is 0 Å². The third-order valence-electron chi connectivity index (χ3n) is 5.97. The van der Waals surface area contributed by atoms with Crippen LogP contribution < -0.4 is 5.32 Å². The van der Waals surface area contributed by atoms with E-state index in [-0.39, 0.29) is 23.7 Å². The summed E-state index contributed by atoms with van der Waals surface area (Å²) in [6, 6.07) is 15.1. The zero-order valence-corrected chi connectivity index (χ0v) is 17.2. The number of amides is 2. The Morgan fingerprint density at radius 2 is 1.64 bits per heavy atom. The molecule has 28 heavy (non-hydrogen) atoms. The number of fused-ring (bicyclic) bond motifs is 1. The van der Waals surface area contributed by atoms with Gasteiger partial charge in [0.05, 0.1) is 0 Å². The number of carbonyl (C=O) groups is 2. The number of thiol groups is 1. The predicted octanol–water partition coefficient (Wildman–Crippen LogP) is 3.24. The summed E-state index contributed by atoms with van der Waals surface area (Å²) in [7, 11) is 0. The number of benzene rings is 2. The minimum atomic E-state index is -0.470. The van der Waals surface area contributed by atoms with Gasteiger partial charge in [-0.2, -0.15) is 0 Å². The van der Waals surface area contributed by atoms with Crippen LogP contribution in [-0.4, -0.2) is 28.8 Å². The molecule has 1 N–H and O–H groups in total. The molecule has 1 fully saturated rings. The summed E-state index contributed by atoms with van der Waals surface area (Å²) in [6.07, 6.45) is 1.66. The molecule has 2 atom stereocenters. The normalized spacial score (nSPS) is 22.5. The van der Waals surface area contributed by atoms with Crippen molar-refractivity contribution in [2.24, 2.45) is 11.8 Å². The summed E-state index contributed by atoms with van der Waals surface area (Å²) < 4.78 is 0. The average Bonchev–Trinajstić information content (AvgIpc) is 3.09. The highest BCUT2D eigenvalue weighted by atomic mass is 32.1. The SMILES string of the molecule is CC(C)[C@@H]1C(=O)N[C@H](C2Cc3ccccc3C2)C(=O)N1Cc1ccccc1S. The third kappa shape index (κ3) is 3.44. The molecule has 1 saturated heterocycles. The van der Waals surface area contributed by atoms with Crippen LogP contribution in [0, 0.1) is 11.8 Å². The van der Waals surface area contributed by atoms with Crippen LogP contribution in [0.5, 0.6) is 0 Å². The molecule has 0 aromatic heterocycles. The third-order valence-corrected chi connectivity index (χ3v) is 6.41. The van der Waals surface area contributed by atoms with Crippen LogP contribution in [-0.2, 0) is 29.0 Å². The van der Waals surface area contributed by atoms with E-state index in [1.165, 1.54) is 11.1 Å². The predicted molar refractivity (Wildman–Crippen MR) is 112 cm³/mol. The van der Waals surface area contributed by atoms with Crippen molar-refractivity contribution in [2.75, 3.05) is 0 Å². The molecule has 0 saturated carbocycles. The molecule has 1 aliphatic carbocycles. The zero-order chi connectivity index (χ0) is 19.8. The van der Waals surface area contributed by atoms with Crippen LogP contribution in [0.25, 0.3) is 0 Å². The molecule has 0 unspecified atom stereocenters. The van der Waals surface area contributed by atoms with Crippen molar-refractivity contribution >= 4 is 24.4 Å². The van der Waals surface area contributed by atoms with E-state index in [4.69, 9.17) is 0 Å². The minimum Gasteiger partial charge on any atom is -0.342 e. The van der Waals surface area contributed by atoms with Crippen LogP contribution >= 0.6 is 12.6 Å². The van der Waals surface area contributed by atoms with Crippen molar-refractivity contribution in [3.8, 4) is 0 Å². The molecule has 2 aromatic carbocycles. The first-order valence-electron chi connectivity index (χ1n) is 9.90.